The van der Waals surface area contributed by atoms with Crippen LogP contribution in [0.4, 0.5) is 0 Å². The van der Waals surface area contributed by atoms with Crippen LogP contribution < -0.4 is 4.74 Å². The molecular formula is C13H16O3. The van der Waals surface area contributed by atoms with Gasteiger partial charge in [-0.2, -0.15) is 0 Å². The van der Waals surface area contributed by atoms with E-state index in [1.165, 1.54) is 6.08 Å². The van der Waals surface area contributed by atoms with Gasteiger partial charge in [0.05, 0.1) is 0 Å². The van der Waals surface area contributed by atoms with Crippen molar-refractivity contribution in [1.29, 1.82) is 0 Å². The average molecular weight is 220 g/mol. The summed E-state index contributed by atoms with van der Waals surface area (Å²) in [6, 6.07) is 7.78. The van der Waals surface area contributed by atoms with Gasteiger partial charge in [-0.05, 0) is 23.6 Å². The third kappa shape index (κ3) is 3.77. The number of hydrogen-bond donors (Lipinski definition) is 1. The van der Waals surface area contributed by atoms with Crippen molar-refractivity contribution >= 4 is 5.97 Å². The second-order valence-corrected chi connectivity index (χ2v) is 3.74. The van der Waals surface area contributed by atoms with E-state index in [0.29, 0.717) is 5.92 Å². The minimum atomic E-state index is -0.958. The molecule has 86 valence electrons. The molecule has 1 rings (SSSR count). The first-order valence-corrected chi connectivity index (χ1v) is 5.22. The maximum atomic E-state index is 10.2. The highest BCUT2D eigenvalue weighted by atomic mass is 16.5. The fraction of sp³-hybridized carbons (Fsp3) is 0.308. The molecule has 1 aromatic carbocycles. The Labute approximate surface area is 95.4 Å². The summed E-state index contributed by atoms with van der Waals surface area (Å²) in [5, 5.41) is 8.41. The van der Waals surface area contributed by atoms with Gasteiger partial charge in [0, 0.05) is 6.08 Å². The van der Waals surface area contributed by atoms with E-state index >= 15 is 0 Å². The van der Waals surface area contributed by atoms with E-state index in [4.69, 9.17) is 9.84 Å². The Kier molecular flexibility index (Phi) is 4.58. The molecule has 0 saturated heterocycles. The van der Waals surface area contributed by atoms with Crippen LogP contribution in [0.25, 0.3) is 0 Å². The standard InChI is InChI=1S/C13H16O3/c1-10(2)11-6-3-4-7-12(11)16-9-5-8-13(14)15/h3-8,10H,9H2,1-2H3,(H,14,15). The molecule has 1 aromatic rings. The Bertz CT molecular complexity index is 381. The molecule has 0 fully saturated rings. The second kappa shape index (κ2) is 5.95. The summed E-state index contributed by atoms with van der Waals surface area (Å²) >= 11 is 0. The summed E-state index contributed by atoms with van der Waals surface area (Å²) in [7, 11) is 0. The first kappa shape index (κ1) is 12.3. The van der Waals surface area contributed by atoms with E-state index in [1.54, 1.807) is 0 Å². The summed E-state index contributed by atoms with van der Waals surface area (Å²) < 4.78 is 5.50. The van der Waals surface area contributed by atoms with Crippen molar-refractivity contribution in [2.75, 3.05) is 6.61 Å². The smallest absolute Gasteiger partial charge is 0.328 e. The van der Waals surface area contributed by atoms with Gasteiger partial charge >= 0.3 is 5.97 Å². The summed E-state index contributed by atoms with van der Waals surface area (Å²) in [6.45, 7) is 4.46. The topological polar surface area (TPSA) is 46.5 Å². The number of hydrogen-bond acceptors (Lipinski definition) is 2. The van der Waals surface area contributed by atoms with Crippen LogP contribution in [0.2, 0.25) is 0 Å². The van der Waals surface area contributed by atoms with Crippen molar-refractivity contribution in [3.05, 3.63) is 42.0 Å². The molecule has 1 N–H and O–H groups in total. The molecule has 0 saturated carbocycles. The normalized spacial score (nSPS) is 10.9. The fourth-order valence-electron chi connectivity index (χ4n) is 1.38. The van der Waals surface area contributed by atoms with E-state index < -0.39 is 5.97 Å². The Morgan fingerprint density at radius 3 is 2.75 bits per heavy atom. The van der Waals surface area contributed by atoms with Gasteiger partial charge in [0.2, 0.25) is 0 Å². The quantitative estimate of drug-likeness (QED) is 0.776. The molecule has 16 heavy (non-hydrogen) atoms. The average Bonchev–Trinajstić information content (AvgIpc) is 2.24. The molecule has 0 aliphatic heterocycles. The van der Waals surface area contributed by atoms with E-state index in [1.807, 2.05) is 24.3 Å². The van der Waals surface area contributed by atoms with Crippen LogP contribution in [0.1, 0.15) is 25.3 Å². The third-order valence-corrected chi connectivity index (χ3v) is 2.14. The molecule has 0 radical (unpaired) electrons. The predicted octanol–water partition coefficient (Wildman–Crippen LogP) is 2.83. The van der Waals surface area contributed by atoms with Crippen LogP contribution >= 0.6 is 0 Å². The summed E-state index contributed by atoms with van der Waals surface area (Å²) in [5.41, 5.74) is 1.13. The van der Waals surface area contributed by atoms with Crippen molar-refractivity contribution in [2.24, 2.45) is 0 Å². The van der Waals surface area contributed by atoms with Gasteiger partial charge in [0.25, 0.3) is 0 Å². The van der Waals surface area contributed by atoms with Crippen LogP contribution in [-0.2, 0) is 4.79 Å². The molecule has 0 atom stereocenters. The number of para-hydroxylation sites is 1. The summed E-state index contributed by atoms with van der Waals surface area (Å²) in [6.07, 6.45) is 2.57. The molecule has 0 aliphatic carbocycles. The molecule has 3 nitrogen and oxygen atoms in total. The Hall–Kier alpha value is -1.77. The Morgan fingerprint density at radius 1 is 1.44 bits per heavy atom. The van der Waals surface area contributed by atoms with Gasteiger partial charge in [-0.25, -0.2) is 4.79 Å². The van der Waals surface area contributed by atoms with E-state index in [9.17, 15) is 4.79 Å². The molecular weight excluding hydrogens is 204 g/mol. The Morgan fingerprint density at radius 2 is 2.12 bits per heavy atom. The molecule has 0 unspecified atom stereocenters. The minimum Gasteiger partial charge on any atom is -0.489 e. The number of ether oxygens (including phenoxy) is 1. The number of rotatable bonds is 5. The van der Waals surface area contributed by atoms with E-state index in [2.05, 4.69) is 13.8 Å². The summed E-state index contributed by atoms with van der Waals surface area (Å²) in [4.78, 5) is 10.2. The van der Waals surface area contributed by atoms with Crippen LogP contribution in [0.15, 0.2) is 36.4 Å². The zero-order valence-electron chi connectivity index (χ0n) is 9.51. The lowest BCUT2D eigenvalue weighted by molar-refractivity contribution is -0.131. The lowest BCUT2D eigenvalue weighted by Crippen LogP contribution is -1.99. The van der Waals surface area contributed by atoms with Gasteiger partial charge in [0.15, 0.2) is 0 Å². The predicted molar refractivity (Wildman–Crippen MR) is 62.8 cm³/mol. The molecule has 0 spiro atoms. The van der Waals surface area contributed by atoms with E-state index in [0.717, 1.165) is 17.4 Å². The number of carboxylic acids is 1. The van der Waals surface area contributed by atoms with Gasteiger partial charge in [0.1, 0.15) is 12.4 Å². The molecule has 0 bridgehead atoms. The highest BCUT2D eigenvalue weighted by Gasteiger charge is 2.05. The van der Waals surface area contributed by atoms with Crippen molar-refractivity contribution in [3.63, 3.8) is 0 Å². The van der Waals surface area contributed by atoms with Gasteiger partial charge in [-0.15, -0.1) is 0 Å². The van der Waals surface area contributed by atoms with Gasteiger partial charge < -0.3 is 9.84 Å². The number of aliphatic carboxylic acids is 1. The molecule has 0 aromatic heterocycles. The van der Waals surface area contributed by atoms with Gasteiger partial charge in [-0.3, -0.25) is 0 Å². The lowest BCUT2D eigenvalue weighted by Gasteiger charge is -2.12. The SMILES string of the molecule is CC(C)c1ccccc1OCC=CC(=O)O. The highest BCUT2D eigenvalue weighted by Crippen LogP contribution is 2.25. The van der Waals surface area contributed by atoms with Crippen LogP contribution in [0, 0.1) is 0 Å². The maximum absolute atomic E-state index is 10.2. The molecule has 0 aliphatic rings. The number of benzene rings is 1. The lowest BCUT2D eigenvalue weighted by atomic mass is 10.0. The molecule has 0 amide bonds. The van der Waals surface area contributed by atoms with Crippen molar-refractivity contribution < 1.29 is 14.6 Å². The summed E-state index contributed by atoms with van der Waals surface area (Å²) in [5.74, 6) is 0.243. The van der Waals surface area contributed by atoms with Crippen molar-refractivity contribution in [1.82, 2.24) is 0 Å². The number of carbonyl (C=O) groups is 1. The molecule has 0 heterocycles. The van der Waals surface area contributed by atoms with Crippen LogP contribution in [-0.4, -0.2) is 17.7 Å². The maximum Gasteiger partial charge on any atom is 0.328 e. The number of carboxylic acid groups (broad SMARTS) is 1. The highest BCUT2D eigenvalue weighted by molar-refractivity contribution is 5.79. The van der Waals surface area contributed by atoms with Crippen molar-refractivity contribution in [3.8, 4) is 5.75 Å². The second-order valence-electron chi connectivity index (χ2n) is 3.74. The third-order valence-electron chi connectivity index (χ3n) is 2.14. The molecule has 3 heteroatoms. The van der Waals surface area contributed by atoms with E-state index in [-0.39, 0.29) is 6.61 Å². The zero-order valence-corrected chi connectivity index (χ0v) is 9.51. The first-order chi connectivity index (χ1) is 7.61. The minimum absolute atomic E-state index is 0.274. The first-order valence-electron chi connectivity index (χ1n) is 5.22. The monoisotopic (exact) mass is 220 g/mol. The largest absolute Gasteiger partial charge is 0.489 e. The van der Waals surface area contributed by atoms with Crippen molar-refractivity contribution in [2.45, 2.75) is 19.8 Å². The fourth-order valence-corrected chi connectivity index (χ4v) is 1.38. The van der Waals surface area contributed by atoms with Crippen LogP contribution in [0.3, 0.4) is 0 Å². The van der Waals surface area contributed by atoms with Gasteiger partial charge in [-0.1, -0.05) is 32.0 Å². The van der Waals surface area contributed by atoms with Crippen LogP contribution in [0.5, 0.6) is 5.75 Å². The Balaban J connectivity index is 2.63. The zero-order chi connectivity index (χ0) is 12.0.